The first-order valence-electron chi connectivity index (χ1n) is 11.5. The van der Waals surface area contributed by atoms with E-state index >= 15 is 0 Å². The van der Waals surface area contributed by atoms with E-state index in [0.29, 0.717) is 16.9 Å². The summed E-state index contributed by atoms with van der Waals surface area (Å²) >= 11 is 7.91. The number of hydrogen-bond acceptors (Lipinski definition) is 5. The maximum atomic E-state index is 13.3. The Morgan fingerprint density at radius 1 is 1.15 bits per heavy atom. The number of thiophene rings is 1. The molecule has 3 aromatic rings. The van der Waals surface area contributed by atoms with E-state index in [0.717, 1.165) is 46.6 Å². The molecule has 1 spiro atoms. The van der Waals surface area contributed by atoms with Gasteiger partial charge >= 0.3 is 0 Å². The van der Waals surface area contributed by atoms with Gasteiger partial charge < -0.3 is 4.90 Å². The number of aliphatic imine (C=N–C) groups is 1. The Labute approximate surface area is 202 Å². The minimum absolute atomic E-state index is 0.155. The molecule has 2 fully saturated rings. The van der Waals surface area contributed by atoms with Crippen LogP contribution in [0.5, 0.6) is 0 Å². The van der Waals surface area contributed by atoms with E-state index in [-0.39, 0.29) is 11.9 Å². The van der Waals surface area contributed by atoms with E-state index in [1.807, 2.05) is 36.1 Å². The second-order valence-electron chi connectivity index (χ2n) is 9.71. The molecule has 4 heterocycles. The summed E-state index contributed by atoms with van der Waals surface area (Å²) in [5.74, 6) is 1.71. The lowest BCUT2D eigenvalue weighted by molar-refractivity contribution is -0.150. The third-order valence-electron chi connectivity index (χ3n) is 7.54. The van der Waals surface area contributed by atoms with E-state index in [4.69, 9.17) is 16.6 Å². The van der Waals surface area contributed by atoms with Crippen molar-refractivity contribution in [2.45, 2.75) is 52.5 Å². The van der Waals surface area contributed by atoms with E-state index in [1.54, 1.807) is 11.3 Å². The average molecular weight is 480 g/mol. The number of nitrogens with zero attached hydrogens (tertiary/aromatic N) is 5. The summed E-state index contributed by atoms with van der Waals surface area (Å²) in [5, 5.41) is 10.6. The Hall–Kier alpha value is -2.51. The molecule has 6 nitrogen and oxygen atoms in total. The number of rotatable bonds is 3. The van der Waals surface area contributed by atoms with Crippen LogP contribution >= 0.6 is 22.9 Å². The van der Waals surface area contributed by atoms with Crippen molar-refractivity contribution in [1.82, 2.24) is 19.7 Å². The van der Waals surface area contributed by atoms with Crippen molar-refractivity contribution in [3.05, 3.63) is 62.5 Å². The molecule has 0 unspecified atom stereocenters. The second kappa shape index (κ2) is 7.50. The highest BCUT2D eigenvalue weighted by Crippen LogP contribution is 2.48. The molecule has 2 aliphatic heterocycles. The molecule has 1 saturated carbocycles. The van der Waals surface area contributed by atoms with Gasteiger partial charge in [-0.05, 0) is 51.3 Å². The number of carbonyl (C=O) groups excluding carboxylic acids is 1. The van der Waals surface area contributed by atoms with Crippen molar-refractivity contribution in [1.29, 1.82) is 0 Å². The van der Waals surface area contributed by atoms with E-state index in [2.05, 4.69) is 28.6 Å². The highest BCUT2D eigenvalue weighted by molar-refractivity contribution is 7.15. The van der Waals surface area contributed by atoms with Gasteiger partial charge in [0.2, 0.25) is 5.91 Å². The number of fused-ring (bicyclic) bond motifs is 3. The fraction of sp³-hybridized carbons (Fsp3) is 0.440. The zero-order valence-corrected chi connectivity index (χ0v) is 20.6. The van der Waals surface area contributed by atoms with Crippen LogP contribution in [0.1, 0.15) is 64.9 Å². The minimum Gasteiger partial charge on any atom is -0.341 e. The SMILES string of the molecule is Cc1sc2c(c1C)C(c1ccc(Cl)cc1)=N[C@@H](CC(=O)N1CC3(CCC3)C1)c1nnc(C)n1-2. The molecule has 0 N–H and O–H groups in total. The highest BCUT2D eigenvalue weighted by Gasteiger charge is 2.49. The Morgan fingerprint density at radius 2 is 1.88 bits per heavy atom. The van der Waals surface area contributed by atoms with Gasteiger partial charge in [-0.3, -0.25) is 14.4 Å². The molecular weight excluding hydrogens is 454 g/mol. The molecule has 1 atom stereocenters. The normalized spacial score (nSPS) is 20.4. The molecular formula is C25H26ClN5OS. The van der Waals surface area contributed by atoms with Crippen LogP contribution in [0.25, 0.3) is 5.00 Å². The van der Waals surface area contributed by atoms with E-state index < -0.39 is 0 Å². The van der Waals surface area contributed by atoms with Gasteiger partial charge in [-0.2, -0.15) is 0 Å². The fourth-order valence-corrected chi connectivity index (χ4v) is 6.70. The lowest BCUT2D eigenvalue weighted by atomic mass is 9.63. The summed E-state index contributed by atoms with van der Waals surface area (Å²) in [7, 11) is 0. The molecule has 3 aliphatic rings. The van der Waals surface area contributed by atoms with Crippen molar-refractivity contribution in [2.75, 3.05) is 13.1 Å². The average Bonchev–Trinajstić information content (AvgIpc) is 3.19. The summed E-state index contributed by atoms with van der Waals surface area (Å²) in [4.78, 5) is 21.7. The first-order valence-corrected chi connectivity index (χ1v) is 12.7. The van der Waals surface area contributed by atoms with Crippen molar-refractivity contribution in [3.63, 3.8) is 0 Å². The predicted molar refractivity (Wildman–Crippen MR) is 131 cm³/mol. The first-order chi connectivity index (χ1) is 15.8. The Balaban J connectivity index is 1.44. The van der Waals surface area contributed by atoms with Crippen molar-refractivity contribution < 1.29 is 4.79 Å². The highest BCUT2D eigenvalue weighted by atomic mass is 35.5. The van der Waals surface area contributed by atoms with Crippen molar-refractivity contribution >= 4 is 34.6 Å². The van der Waals surface area contributed by atoms with Crippen LogP contribution in [0.4, 0.5) is 0 Å². The number of likely N-dealkylation sites (tertiary alicyclic amines) is 1. The summed E-state index contributed by atoms with van der Waals surface area (Å²) in [6, 6.07) is 7.41. The largest absolute Gasteiger partial charge is 0.341 e. The zero-order chi connectivity index (χ0) is 22.9. The Kier molecular flexibility index (Phi) is 4.79. The van der Waals surface area contributed by atoms with Crippen LogP contribution in [0.3, 0.4) is 0 Å². The molecule has 8 heteroatoms. The van der Waals surface area contributed by atoms with Gasteiger partial charge in [-0.1, -0.05) is 30.2 Å². The topological polar surface area (TPSA) is 63.4 Å². The summed E-state index contributed by atoms with van der Waals surface area (Å²) in [5.41, 5.74) is 4.59. The lowest BCUT2D eigenvalue weighted by Gasteiger charge is -2.56. The molecule has 1 saturated heterocycles. The summed E-state index contributed by atoms with van der Waals surface area (Å²) < 4.78 is 2.11. The number of aryl methyl sites for hydroxylation is 2. The van der Waals surface area contributed by atoms with Gasteiger partial charge in [-0.15, -0.1) is 21.5 Å². The third-order valence-corrected chi connectivity index (χ3v) is 8.99. The maximum absolute atomic E-state index is 13.3. The molecule has 0 radical (unpaired) electrons. The number of halogens is 1. The monoisotopic (exact) mass is 479 g/mol. The van der Waals surface area contributed by atoms with Gasteiger partial charge in [0.05, 0.1) is 12.1 Å². The van der Waals surface area contributed by atoms with E-state index in [1.165, 1.54) is 29.7 Å². The molecule has 33 heavy (non-hydrogen) atoms. The van der Waals surface area contributed by atoms with Gasteiger partial charge in [0, 0.05) is 39.5 Å². The van der Waals surface area contributed by atoms with Crippen molar-refractivity contribution in [2.24, 2.45) is 10.4 Å². The molecule has 1 amide bonds. The smallest absolute Gasteiger partial charge is 0.225 e. The quantitative estimate of drug-likeness (QED) is 0.518. The van der Waals surface area contributed by atoms with Crippen LogP contribution in [0.2, 0.25) is 5.02 Å². The van der Waals surface area contributed by atoms with Crippen LogP contribution in [-0.2, 0) is 4.79 Å². The zero-order valence-electron chi connectivity index (χ0n) is 19.1. The van der Waals surface area contributed by atoms with Crippen LogP contribution in [-0.4, -0.2) is 44.4 Å². The van der Waals surface area contributed by atoms with Gasteiger partial charge in [0.15, 0.2) is 5.82 Å². The number of amides is 1. The third kappa shape index (κ3) is 3.28. The van der Waals surface area contributed by atoms with Gasteiger partial charge in [-0.25, -0.2) is 0 Å². The number of hydrogen-bond donors (Lipinski definition) is 0. The second-order valence-corrected chi connectivity index (χ2v) is 11.4. The molecule has 6 rings (SSSR count). The number of benzene rings is 1. The van der Waals surface area contributed by atoms with Crippen LogP contribution < -0.4 is 0 Å². The predicted octanol–water partition coefficient (Wildman–Crippen LogP) is 5.20. The van der Waals surface area contributed by atoms with Gasteiger partial charge in [0.1, 0.15) is 16.9 Å². The maximum Gasteiger partial charge on any atom is 0.225 e. The molecule has 2 aromatic heterocycles. The molecule has 1 aromatic carbocycles. The molecule has 0 bridgehead atoms. The van der Waals surface area contributed by atoms with Crippen LogP contribution in [0, 0.1) is 26.2 Å². The molecule has 1 aliphatic carbocycles. The fourth-order valence-electron chi connectivity index (χ4n) is 5.36. The van der Waals surface area contributed by atoms with E-state index in [9.17, 15) is 4.79 Å². The first kappa shape index (κ1) is 21.1. The standard InChI is InChI=1S/C25H26ClN5OS/c1-14-15(2)33-24-21(14)22(17-5-7-18(26)8-6-17)27-19(23-29-28-16(3)31(23)24)11-20(32)30-12-25(13-30)9-4-10-25/h5-8,19H,4,9-13H2,1-3H3/t19-/m0/s1. The minimum atomic E-state index is -0.387. The summed E-state index contributed by atoms with van der Waals surface area (Å²) in [6.45, 7) is 8.02. The Morgan fingerprint density at radius 3 is 2.55 bits per heavy atom. The number of carbonyl (C=O) groups is 1. The lowest BCUT2D eigenvalue weighted by Crippen LogP contribution is -2.61. The van der Waals surface area contributed by atoms with Crippen molar-refractivity contribution in [3.8, 4) is 5.00 Å². The Bertz CT molecular complexity index is 1290. The van der Waals surface area contributed by atoms with Gasteiger partial charge in [0.25, 0.3) is 0 Å². The summed E-state index contributed by atoms with van der Waals surface area (Å²) in [6.07, 6.45) is 4.11. The molecule has 170 valence electrons. The van der Waals surface area contributed by atoms with Crippen LogP contribution in [0.15, 0.2) is 29.3 Å². The number of aromatic nitrogens is 3.